The van der Waals surface area contributed by atoms with E-state index in [9.17, 15) is 10.1 Å². The Morgan fingerprint density at radius 1 is 1.29 bits per heavy atom. The van der Waals surface area contributed by atoms with E-state index in [4.69, 9.17) is 21.1 Å². The number of aromatic nitrogens is 2. The fraction of sp³-hybridized carbons (Fsp3) is 0.241. The quantitative estimate of drug-likeness (QED) is 0.162. The molecule has 0 aliphatic carbocycles. The first-order valence-electron chi connectivity index (χ1n) is 12.7. The number of nitriles is 1. The van der Waals surface area contributed by atoms with E-state index in [1.54, 1.807) is 48.9 Å². The zero-order valence-electron chi connectivity index (χ0n) is 22.8. The minimum Gasteiger partial charge on any atom is -0.492 e. The number of carbonyl (C=O) groups excluding carboxylic acids is 1. The second kappa shape index (κ2) is 14.8. The van der Waals surface area contributed by atoms with E-state index < -0.39 is 0 Å². The fourth-order valence-electron chi connectivity index (χ4n) is 3.82. The van der Waals surface area contributed by atoms with Crippen LogP contribution in [0.4, 0.5) is 17.1 Å². The highest BCUT2D eigenvalue weighted by Crippen LogP contribution is 2.39. The van der Waals surface area contributed by atoms with E-state index in [0.717, 1.165) is 15.8 Å². The van der Waals surface area contributed by atoms with Crippen LogP contribution in [-0.4, -0.2) is 61.2 Å². The lowest BCUT2D eigenvalue weighted by Crippen LogP contribution is -2.23. The third-order valence-electron chi connectivity index (χ3n) is 5.82. The molecule has 2 N–H and O–H groups in total. The van der Waals surface area contributed by atoms with Gasteiger partial charge in [-0.3, -0.25) is 9.78 Å². The molecule has 0 aliphatic rings. The number of ether oxygens (including phenoxy) is 2. The second-order valence-electron chi connectivity index (χ2n) is 8.77. The maximum Gasteiger partial charge on any atom is 0.248 e. The zero-order valence-corrected chi connectivity index (χ0v) is 25.2. The molecule has 0 spiro atoms. The lowest BCUT2D eigenvalue weighted by Gasteiger charge is -2.16. The molecule has 2 aromatic heterocycles. The smallest absolute Gasteiger partial charge is 0.248 e. The number of nitrogens with one attached hydrogen (secondary N) is 2. The molecule has 0 atom stereocenters. The summed E-state index contributed by atoms with van der Waals surface area (Å²) in [6.07, 6.45) is 6.53. The van der Waals surface area contributed by atoms with Crippen LogP contribution < -0.4 is 15.4 Å². The maximum atomic E-state index is 12.8. The van der Waals surface area contributed by atoms with Crippen molar-refractivity contribution >= 4 is 68.6 Å². The Hall–Kier alpha value is -3.66. The van der Waals surface area contributed by atoms with Gasteiger partial charge < -0.3 is 25.0 Å². The number of pyridine rings is 1. The standard InChI is InChI=1S/C29H29ClN6O3S2/c1-4-39-25-16-23-21(15-24(25)35-27(37)6-5-10-36(2)11-12-38-3)28(19(17-31)18-33-23)34-20-7-8-26(22(30)14-20)41-29-32-9-13-40-29/h5-9,13-16,18H,4,10-12H2,1-3H3,(H,33,34)(H,35,37)/b6-5+. The topological polar surface area (TPSA) is 112 Å². The van der Waals surface area contributed by atoms with Crippen LogP contribution in [0.2, 0.25) is 5.02 Å². The van der Waals surface area contributed by atoms with Crippen LogP contribution >= 0.6 is 34.7 Å². The van der Waals surface area contributed by atoms with Crippen LogP contribution in [0.25, 0.3) is 10.9 Å². The van der Waals surface area contributed by atoms with Gasteiger partial charge in [-0.25, -0.2) is 4.98 Å². The predicted octanol–water partition coefficient (Wildman–Crippen LogP) is 6.58. The highest BCUT2D eigenvalue weighted by molar-refractivity contribution is 8.01. The van der Waals surface area contributed by atoms with Gasteiger partial charge in [0.2, 0.25) is 5.91 Å². The molecule has 2 heterocycles. The van der Waals surface area contributed by atoms with Gasteiger partial charge in [-0.2, -0.15) is 5.26 Å². The van der Waals surface area contributed by atoms with Gasteiger partial charge >= 0.3 is 0 Å². The molecule has 12 heteroatoms. The summed E-state index contributed by atoms with van der Waals surface area (Å²) >= 11 is 9.62. The number of hydrogen-bond donors (Lipinski definition) is 2. The van der Waals surface area contributed by atoms with E-state index in [1.807, 2.05) is 36.4 Å². The Kier molecular flexibility index (Phi) is 11.0. The van der Waals surface area contributed by atoms with Crippen molar-refractivity contribution in [3.05, 3.63) is 70.8 Å². The molecule has 0 saturated heterocycles. The summed E-state index contributed by atoms with van der Waals surface area (Å²) in [7, 11) is 3.61. The second-order valence-corrected chi connectivity index (χ2v) is 11.4. The van der Waals surface area contributed by atoms with Gasteiger partial charge in [-0.1, -0.05) is 29.4 Å². The Labute approximate surface area is 252 Å². The van der Waals surface area contributed by atoms with E-state index in [2.05, 4.69) is 26.7 Å². The van der Waals surface area contributed by atoms with Crippen LogP contribution in [0.3, 0.4) is 0 Å². The molecule has 0 aliphatic heterocycles. The van der Waals surface area contributed by atoms with Gasteiger partial charge in [0.05, 0.1) is 40.7 Å². The van der Waals surface area contributed by atoms with E-state index in [-0.39, 0.29) is 5.91 Å². The maximum absolute atomic E-state index is 12.8. The minimum atomic E-state index is -0.301. The molecule has 41 heavy (non-hydrogen) atoms. The highest BCUT2D eigenvalue weighted by atomic mass is 35.5. The summed E-state index contributed by atoms with van der Waals surface area (Å²) in [6, 6.07) is 11.3. The van der Waals surface area contributed by atoms with Gasteiger partial charge in [-0.05, 0) is 38.2 Å². The third-order valence-corrected chi connectivity index (χ3v) is 8.20. The number of hydrogen-bond acceptors (Lipinski definition) is 10. The number of amides is 1. The number of methoxy groups -OCH3 is 1. The molecule has 4 aromatic rings. The van der Waals surface area contributed by atoms with Crippen molar-refractivity contribution in [1.82, 2.24) is 14.9 Å². The fourth-order valence-corrected chi connectivity index (χ4v) is 5.70. The van der Waals surface area contributed by atoms with Crippen LogP contribution in [-0.2, 0) is 9.53 Å². The molecule has 1 amide bonds. The number of nitrogens with zero attached hydrogens (tertiary/aromatic N) is 4. The summed E-state index contributed by atoms with van der Waals surface area (Å²) in [5.41, 5.74) is 2.65. The minimum absolute atomic E-state index is 0.301. The number of benzene rings is 2. The Balaban J connectivity index is 1.62. The molecule has 0 fully saturated rings. The number of carbonyl (C=O) groups is 1. The first-order valence-corrected chi connectivity index (χ1v) is 14.8. The molecule has 0 radical (unpaired) electrons. The Morgan fingerprint density at radius 2 is 2.15 bits per heavy atom. The first kappa shape index (κ1) is 30.3. The number of fused-ring (bicyclic) bond motifs is 1. The van der Waals surface area contributed by atoms with Crippen molar-refractivity contribution in [3.63, 3.8) is 0 Å². The van der Waals surface area contributed by atoms with Crippen molar-refractivity contribution in [3.8, 4) is 11.8 Å². The summed E-state index contributed by atoms with van der Waals surface area (Å²) in [5, 5.41) is 19.2. The van der Waals surface area contributed by atoms with E-state index in [0.29, 0.717) is 64.1 Å². The number of rotatable bonds is 13. The lowest BCUT2D eigenvalue weighted by molar-refractivity contribution is -0.111. The zero-order chi connectivity index (χ0) is 29.2. The molecule has 9 nitrogen and oxygen atoms in total. The van der Waals surface area contributed by atoms with Crippen molar-refractivity contribution < 1.29 is 14.3 Å². The van der Waals surface area contributed by atoms with Gasteiger partial charge in [0.15, 0.2) is 4.34 Å². The third kappa shape index (κ3) is 8.19. The van der Waals surface area contributed by atoms with Crippen LogP contribution in [0.5, 0.6) is 5.75 Å². The SMILES string of the molecule is CCOc1cc2ncc(C#N)c(Nc3ccc(Sc4nccs4)c(Cl)c3)c2cc1NC(=O)/C=C/CN(C)CCOC. The molecule has 212 valence electrons. The van der Waals surface area contributed by atoms with Crippen molar-refractivity contribution in [2.24, 2.45) is 0 Å². The molecular formula is C29H29ClN6O3S2. The van der Waals surface area contributed by atoms with Crippen molar-refractivity contribution in [2.75, 3.05) is 51.1 Å². The molecule has 0 saturated carbocycles. The molecule has 4 rings (SSSR count). The number of halogens is 1. The number of likely N-dealkylation sites (N-methyl/N-ethyl adjacent to an activating group) is 1. The molecule has 0 bridgehead atoms. The van der Waals surface area contributed by atoms with Gasteiger partial charge in [0.25, 0.3) is 0 Å². The van der Waals surface area contributed by atoms with Crippen LogP contribution in [0.1, 0.15) is 12.5 Å². The van der Waals surface area contributed by atoms with E-state index >= 15 is 0 Å². The Bertz CT molecular complexity index is 1570. The molecule has 0 unspecified atom stereocenters. The van der Waals surface area contributed by atoms with Crippen LogP contribution in [0, 0.1) is 11.3 Å². The summed E-state index contributed by atoms with van der Waals surface area (Å²) in [5.74, 6) is 0.179. The predicted molar refractivity (Wildman–Crippen MR) is 166 cm³/mol. The number of anilines is 3. The summed E-state index contributed by atoms with van der Waals surface area (Å²) in [6.45, 7) is 4.23. The van der Waals surface area contributed by atoms with Gasteiger partial charge in [0.1, 0.15) is 11.8 Å². The summed E-state index contributed by atoms with van der Waals surface area (Å²) < 4.78 is 11.8. The molecule has 2 aromatic carbocycles. The highest BCUT2D eigenvalue weighted by Gasteiger charge is 2.16. The number of thiazole rings is 1. The largest absolute Gasteiger partial charge is 0.492 e. The van der Waals surface area contributed by atoms with Gasteiger partial charge in [0, 0.05) is 66.1 Å². The lowest BCUT2D eigenvalue weighted by atomic mass is 10.1. The first-order chi connectivity index (χ1) is 19.9. The molecular weight excluding hydrogens is 580 g/mol. The average molecular weight is 609 g/mol. The average Bonchev–Trinajstić information content (AvgIpc) is 3.47. The summed E-state index contributed by atoms with van der Waals surface area (Å²) in [4.78, 5) is 24.5. The van der Waals surface area contributed by atoms with Crippen LogP contribution in [0.15, 0.2) is 69.5 Å². The van der Waals surface area contributed by atoms with Gasteiger partial charge in [-0.15, -0.1) is 11.3 Å². The monoisotopic (exact) mass is 608 g/mol. The van der Waals surface area contributed by atoms with E-state index in [1.165, 1.54) is 24.0 Å². The van der Waals surface area contributed by atoms with Crippen molar-refractivity contribution in [2.45, 2.75) is 16.2 Å². The normalized spacial score (nSPS) is 11.2. The van der Waals surface area contributed by atoms with Crippen molar-refractivity contribution in [1.29, 1.82) is 5.26 Å². The Morgan fingerprint density at radius 3 is 2.85 bits per heavy atom.